The summed E-state index contributed by atoms with van der Waals surface area (Å²) in [5.41, 5.74) is 2.49. The van der Waals surface area contributed by atoms with Gasteiger partial charge in [-0.2, -0.15) is 5.10 Å². The fraction of sp³-hybridized carbons (Fsp3) is 0.533. The van der Waals surface area contributed by atoms with E-state index in [-0.39, 0.29) is 0 Å². The van der Waals surface area contributed by atoms with Crippen LogP contribution in [0.1, 0.15) is 40.8 Å². The van der Waals surface area contributed by atoms with Crippen LogP contribution in [0.5, 0.6) is 0 Å². The van der Waals surface area contributed by atoms with Gasteiger partial charge in [-0.3, -0.25) is 4.68 Å². The van der Waals surface area contributed by atoms with E-state index in [1.165, 1.54) is 28.2 Å². The summed E-state index contributed by atoms with van der Waals surface area (Å²) in [7, 11) is 0. The number of hydrogen-bond acceptors (Lipinski definition) is 3. The van der Waals surface area contributed by atoms with Crippen molar-refractivity contribution in [1.29, 1.82) is 0 Å². The summed E-state index contributed by atoms with van der Waals surface area (Å²) in [6, 6.07) is 5.21. The third-order valence-electron chi connectivity index (χ3n) is 3.59. The van der Waals surface area contributed by atoms with Crippen molar-refractivity contribution in [3.05, 3.63) is 39.3 Å². The van der Waals surface area contributed by atoms with Crippen LogP contribution in [0.3, 0.4) is 0 Å². The molecule has 1 N–H and O–H groups in total. The molecular weight excluding hydrogens is 254 g/mol. The first-order chi connectivity index (χ1) is 9.24. The van der Waals surface area contributed by atoms with E-state index in [0.717, 1.165) is 31.2 Å². The lowest BCUT2D eigenvalue weighted by atomic mass is 10.2. The lowest BCUT2D eigenvalue weighted by molar-refractivity contribution is 0.678. The Bertz CT molecular complexity index is 551. The van der Waals surface area contributed by atoms with Gasteiger partial charge in [-0.25, -0.2) is 0 Å². The molecule has 1 saturated carbocycles. The summed E-state index contributed by atoms with van der Waals surface area (Å²) in [5, 5.41) is 8.18. The van der Waals surface area contributed by atoms with Crippen molar-refractivity contribution < 1.29 is 0 Å². The van der Waals surface area contributed by atoms with Gasteiger partial charge in [-0.15, -0.1) is 11.3 Å². The third-order valence-corrected chi connectivity index (χ3v) is 4.80. The molecule has 0 spiro atoms. The van der Waals surface area contributed by atoms with E-state index in [0.29, 0.717) is 0 Å². The fourth-order valence-electron chi connectivity index (χ4n) is 2.21. The molecule has 102 valence electrons. The molecule has 1 aliphatic rings. The second kappa shape index (κ2) is 5.47. The van der Waals surface area contributed by atoms with Crippen LogP contribution >= 0.6 is 11.3 Å². The van der Waals surface area contributed by atoms with Gasteiger partial charge < -0.3 is 5.32 Å². The largest absolute Gasteiger partial charge is 0.310 e. The summed E-state index contributed by atoms with van der Waals surface area (Å²) in [6.45, 7) is 6.16. The zero-order valence-electron chi connectivity index (χ0n) is 11.6. The maximum atomic E-state index is 4.62. The second-order valence-corrected chi connectivity index (χ2v) is 6.57. The van der Waals surface area contributed by atoms with Crippen molar-refractivity contribution in [2.45, 2.75) is 52.2 Å². The van der Waals surface area contributed by atoms with Crippen LogP contribution in [0, 0.1) is 6.92 Å². The number of rotatable bonds is 6. The highest BCUT2D eigenvalue weighted by Crippen LogP contribution is 2.21. The van der Waals surface area contributed by atoms with Crippen molar-refractivity contribution in [3.8, 4) is 0 Å². The zero-order valence-corrected chi connectivity index (χ0v) is 12.5. The molecule has 0 saturated heterocycles. The lowest BCUT2D eigenvalue weighted by Gasteiger charge is -1.99. The molecule has 2 aromatic heterocycles. The summed E-state index contributed by atoms with van der Waals surface area (Å²) in [5.74, 6) is 0. The minimum atomic E-state index is 0.757. The van der Waals surface area contributed by atoms with Gasteiger partial charge in [0.2, 0.25) is 0 Å². The Morgan fingerprint density at radius 2 is 2.16 bits per heavy atom. The Labute approximate surface area is 118 Å². The molecule has 0 unspecified atom stereocenters. The van der Waals surface area contributed by atoms with Crippen LogP contribution in [0.4, 0.5) is 0 Å². The second-order valence-electron chi connectivity index (χ2n) is 5.31. The molecule has 2 heterocycles. The highest BCUT2D eigenvalue weighted by atomic mass is 32.1. The maximum absolute atomic E-state index is 4.62. The van der Waals surface area contributed by atoms with Crippen molar-refractivity contribution in [2.24, 2.45) is 0 Å². The summed E-state index contributed by atoms with van der Waals surface area (Å²) >= 11 is 1.89. The number of aryl methyl sites for hydroxylation is 2. The summed E-state index contributed by atoms with van der Waals surface area (Å²) < 4.78 is 2.07. The summed E-state index contributed by atoms with van der Waals surface area (Å²) in [4.78, 5) is 2.84. The van der Waals surface area contributed by atoms with Gasteiger partial charge in [-0.05, 0) is 38.3 Å². The van der Waals surface area contributed by atoms with E-state index in [1.807, 2.05) is 11.3 Å². The molecule has 2 aromatic rings. The minimum Gasteiger partial charge on any atom is -0.310 e. The zero-order chi connectivity index (χ0) is 13.2. The van der Waals surface area contributed by atoms with E-state index in [1.54, 1.807) is 0 Å². The normalized spacial score (nSPS) is 15.1. The Morgan fingerprint density at radius 3 is 2.84 bits per heavy atom. The standard InChI is InChI=1S/C15H21N3S/c1-3-14-6-7-15(19-14)10-18-9-12(11(2)17-18)8-16-13-4-5-13/h6-7,9,13,16H,3-5,8,10H2,1-2H3. The molecule has 1 fully saturated rings. The third kappa shape index (κ3) is 3.25. The molecule has 0 radical (unpaired) electrons. The van der Waals surface area contributed by atoms with Crippen molar-refractivity contribution in [1.82, 2.24) is 15.1 Å². The van der Waals surface area contributed by atoms with Gasteiger partial charge in [0.05, 0.1) is 12.2 Å². The van der Waals surface area contributed by atoms with E-state index < -0.39 is 0 Å². The van der Waals surface area contributed by atoms with Gasteiger partial charge in [0.1, 0.15) is 0 Å². The van der Waals surface area contributed by atoms with E-state index >= 15 is 0 Å². The Balaban J connectivity index is 1.65. The molecule has 0 aromatic carbocycles. The first kappa shape index (κ1) is 12.9. The van der Waals surface area contributed by atoms with Crippen LogP contribution in [-0.4, -0.2) is 15.8 Å². The van der Waals surface area contributed by atoms with Gasteiger partial charge in [0, 0.05) is 34.1 Å². The lowest BCUT2D eigenvalue weighted by Crippen LogP contribution is -2.15. The fourth-order valence-corrected chi connectivity index (χ4v) is 3.16. The molecule has 4 heteroatoms. The van der Waals surface area contributed by atoms with Crippen LogP contribution in [0.2, 0.25) is 0 Å². The molecule has 0 atom stereocenters. The van der Waals surface area contributed by atoms with Gasteiger partial charge in [0.15, 0.2) is 0 Å². The highest BCUT2D eigenvalue weighted by Gasteiger charge is 2.20. The molecule has 3 nitrogen and oxygen atoms in total. The van der Waals surface area contributed by atoms with Crippen LogP contribution in [0.15, 0.2) is 18.3 Å². The van der Waals surface area contributed by atoms with Crippen LogP contribution < -0.4 is 5.32 Å². The Hall–Kier alpha value is -1.13. The van der Waals surface area contributed by atoms with Gasteiger partial charge in [0.25, 0.3) is 0 Å². The summed E-state index contributed by atoms with van der Waals surface area (Å²) in [6.07, 6.45) is 5.99. The number of aromatic nitrogens is 2. The molecule has 1 aliphatic carbocycles. The minimum absolute atomic E-state index is 0.757. The van der Waals surface area contributed by atoms with E-state index in [9.17, 15) is 0 Å². The molecule has 0 amide bonds. The van der Waals surface area contributed by atoms with Crippen molar-refractivity contribution >= 4 is 11.3 Å². The van der Waals surface area contributed by atoms with Gasteiger partial charge in [-0.1, -0.05) is 6.92 Å². The molecule has 19 heavy (non-hydrogen) atoms. The smallest absolute Gasteiger partial charge is 0.0752 e. The Morgan fingerprint density at radius 1 is 1.37 bits per heavy atom. The predicted molar refractivity (Wildman–Crippen MR) is 79.6 cm³/mol. The molecule has 3 rings (SSSR count). The topological polar surface area (TPSA) is 29.9 Å². The van der Waals surface area contributed by atoms with Crippen molar-refractivity contribution in [2.75, 3.05) is 0 Å². The predicted octanol–water partition coefficient (Wildman–Crippen LogP) is 3.12. The van der Waals surface area contributed by atoms with Gasteiger partial charge >= 0.3 is 0 Å². The molecule has 0 aliphatic heterocycles. The number of thiophene rings is 1. The van der Waals surface area contributed by atoms with E-state index in [2.05, 4.69) is 47.3 Å². The quantitative estimate of drug-likeness (QED) is 0.878. The number of nitrogens with zero attached hydrogens (tertiary/aromatic N) is 2. The monoisotopic (exact) mass is 275 g/mol. The number of nitrogens with one attached hydrogen (secondary N) is 1. The van der Waals surface area contributed by atoms with Crippen molar-refractivity contribution in [3.63, 3.8) is 0 Å². The molecular formula is C15H21N3S. The maximum Gasteiger partial charge on any atom is 0.0752 e. The SMILES string of the molecule is CCc1ccc(Cn2cc(CNC3CC3)c(C)n2)s1. The van der Waals surface area contributed by atoms with Crippen LogP contribution in [0.25, 0.3) is 0 Å². The van der Waals surface area contributed by atoms with Crippen LogP contribution in [-0.2, 0) is 19.5 Å². The average molecular weight is 275 g/mol. The number of hydrogen-bond donors (Lipinski definition) is 1. The Kier molecular flexibility index (Phi) is 3.71. The molecule has 0 bridgehead atoms. The average Bonchev–Trinajstić information content (AvgIpc) is 3.01. The first-order valence-electron chi connectivity index (χ1n) is 7.08. The first-order valence-corrected chi connectivity index (χ1v) is 7.90. The van der Waals surface area contributed by atoms with E-state index in [4.69, 9.17) is 0 Å². The highest BCUT2D eigenvalue weighted by molar-refractivity contribution is 7.11.